The van der Waals surface area contributed by atoms with E-state index in [1.807, 2.05) is 42.5 Å². The van der Waals surface area contributed by atoms with E-state index in [0.29, 0.717) is 6.61 Å². The van der Waals surface area contributed by atoms with Gasteiger partial charge in [0.25, 0.3) is 0 Å². The third-order valence-corrected chi connectivity index (χ3v) is 2.20. The molecule has 0 saturated carbocycles. The Morgan fingerprint density at radius 1 is 1.12 bits per heavy atom. The summed E-state index contributed by atoms with van der Waals surface area (Å²) in [5.74, 6) is 0.181. The average molecular weight is 210 g/mol. The van der Waals surface area contributed by atoms with Gasteiger partial charge >= 0.3 is 0 Å². The summed E-state index contributed by atoms with van der Waals surface area (Å²) in [5, 5.41) is 7.74. The van der Waals surface area contributed by atoms with Crippen LogP contribution in [0.2, 0.25) is 0 Å². The topological polar surface area (TPSA) is 33.1 Å². The molecule has 0 heterocycles. The van der Waals surface area contributed by atoms with Crippen LogP contribution >= 0.6 is 0 Å². The summed E-state index contributed by atoms with van der Waals surface area (Å²) in [6.45, 7) is 0.425. The quantitative estimate of drug-likeness (QED) is 0.613. The second-order valence-corrected chi connectivity index (χ2v) is 3.40. The molecular weight excluding hydrogens is 198 g/mol. The SMILES string of the molecule is N=C(OCc1ccccc1)c1c[c]ccc1. The molecule has 0 atom stereocenters. The summed E-state index contributed by atoms with van der Waals surface area (Å²) in [6, 6.07) is 20.0. The van der Waals surface area contributed by atoms with Gasteiger partial charge in [-0.1, -0.05) is 42.5 Å². The van der Waals surface area contributed by atoms with Crippen molar-refractivity contribution in [3.05, 3.63) is 71.8 Å². The number of rotatable bonds is 3. The lowest BCUT2D eigenvalue weighted by atomic mass is 10.2. The Balaban J connectivity index is 1.95. The van der Waals surface area contributed by atoms with Gasteiger partial charge in [-0.25, -0.2) is 0 Å². The lowest BCUT2D eigenvalue weighted by Gasteiger charge is -2.06. The molecule has 79 valence electrons. The van der Waals surface area contributed by atoms with E-state index in [-0.39, 0.29) is 5.90 Å². The Morgan fingerprint density at radius 3 is 2.62 bits per heavy atom. The molecule has 0 aromatic heterocycles. The molecule has 0 aliphatic heterocycles. The molecule has 1 N–H and O–H groups in total. The largest absolute Gasteiger partial charge is 0.473 e. The van der Waals surface area contributed by atoms with Crippen LogP contribution in [-0.4, -0.2) is 5.90 Å². The van der Waals surface area contributed by atoms with Crippen molar-refractivity contribution in [2.24, 2.45) is 0 Å². The van der Waals surface area contributed by atoms with Crippen molar-refractivity contribution in [1.29, 1.82) is 5.41 Å². The molecule has 0 aliphatic rings. The zero-order valence-corrected chi connectivity index (χ0v) is 8.81. The minimum Gasteiger partial charge on any atom is -0.473 e. The smallest absolute Gasteiger partial charge is 0.213 e. The second kappa shape index (κ2) is 5.12. The third-order valence-electron chi connectivity index (χ3n) is 2.20. The second-order valence-electron chi connectivity index (χ2n) is 3.40. The van der Waals surface area contributed by atoms with Gasteiger partial charge in [-0.15, -0.1) is 0 Å². The maximum Gasteiger partial charge on any atom is 0.213 e. The van der Waals surface area contributed by atoms with Crippen LogP contribution in [0.3, 0.4) is 0 Å². The van der Waals surface area contributed by atoms with Gasteiger partial charge in [-0.3, -0.25) is 5.41 Å². The van der Waals surface area contributed by atoms with Gasteiger partial charge in [0.05, 0.1) is 0 Å². The molecule has 0 aliphatic carbocycles. The summed E-state index contributed by atoms with van der Waals surface area (Å²) < 4.78 is 5.38. The maximum absolute atomic E-state index is 7.74. The molecule has 2 aromatic rings. The number of ether oxygens (including phenoxy) is 1. The van der Waals surface area contributed by atoms with Crippen molar-refractivity contribution in [3.8, 4) is 0 Å². The molecule has 0 saturated heterocycles. The Labute approximate surface area is 95.0 Å². The number of hydrogen-bond donors (Lipinski definition) is 1. The summed E-state index contributed by atoms with van der Waals surface area (Å²) in [7, 11) is 0. The predicted octanol–water partition coefficient (Wildman–Crippen LogP) is 3.03. The maximum atomic E-state index is 7.74. The van der Waals surface area contributed by atoms with Crippen molar-refractivity contribution in [2.45, 2.75) is 6.61 Å². The zero-order chi connectivity index (χ0) is 11.2. The van der Waals surface area contributed by atoms with Crippen LogP contribution in [0.25, 0.3) is 0 Å². The van der Waals surface area contributed by atoms with Crippen LogP contribution in [-0.2, 0) is 11.3 Å². The van der Waals surface area contributed by atoms with Crippen LogP contribution in [0.1, 0.15) is 11.1 Å². The summed E-state index contributed by atoms with van der Waals surface area (Å²) >= 11 is 0. The average Bonchev–Trinajstić information content (AvgIpc) is 2.38. The van der Waals surface area contributed by atoms with Crippen molar-refractivity contribution < 1.29 is 4.74 Å². The Morgan fingerprint density at radius 2 is 1.94 bits per heavy atom. The Hall–Kier alpha value is -2.09. The van der Waals surface area contributed by atoms with Crippen LogP contribution in [0, 0.1) is 11.5 Å². The number of hydrogen-bond acceptors (Lipinski definition) is 2. The van der Waals surface area contributed by atoms with Crippen molar-refractivity contribution in [3.63, 3.8) is 0 Å². The van der Waals surface area contributed by atoms with Crippen molar-refractivity contribution in [1.82, 2.24) is 0 Å². The van der Waals surface area contributed by atoms with E-state index < -0.39 is 0 Å². The molecule has 2 nitrogen and oxygen atoms in total. The highest BCUT2D eigenvalue weighted by Crippen LogP contribution is 2.05. The number of nitrogens with one attached hydrogen (secondary N) is 1. The van der Waals surface area contributed by atoms with Gasteiger partial charge in [0.2, 0.25) is 5.90 Å². The molecule has 16 heavy (non-hydrogen) atoms. The van der Waals surface area contributed by atoms with Crippen LogP contribution < -0.4 is 0 Å². The molecular formula is C14H12NO. The minimum atomic E-state index is 0.181. The predicted molar refractivity (Wildman–Crippen MR) is 63.3 cm³/mol. The molecule has 0 unspecified atom stereocenters. The molecule has 2 heteroatoms. The lowest BCUT2D eigenvalue weighted by molar-refractivity contribution is 0.291. The van der Waals surface area contributed by atoms with E-state index >= 15 is 0 Å². The van der Waals surface area contributed by atoms with E-state index in [1.54, 1.807) is 12.1 Å². The van der Waals surface area contributed by atoms with E-state index in [1.165, 1.54) is 0 Å². The number of benzene rings is 2. The van der Waals surface area contributed by atoms with Crippen LogP contribution in [0.15, 0.2) is 54.6 Å². The first-order chi connectivity index (χ1) is 7.86. The van der Waals surface area contributed by atoms with Gasteiger partial charge in [-0.2, -0.15) is 0 Å². The standard InChI is InChI=1S/C14H12NO/c15-14(13-9-5-2-6-10-13)16-11-12-7-3-1-4-8-12/h1-5,7-10,15H,11H2. The van der Waals surface area contributed by atoms with Crippen LogP contribution in [0.5, 0.6) is 0 Å². The fourth-order valence-electron chi connectivity index (χ4n) is 1.35. The highest BCUT2D eigenvalue weighted by Gasteiger charge is 2.01. The molecule has 2 rings (SSSR count). The van der Waals surface area contributed by atoms with Gasteiger partial charge in [0.1, 0.15) is 6.61 Å². The first-order valence-electron chi connectivity index (χ1n) is 5.08. The molecule has 0 fully saturated rings. The van der Waals surface area contributed by atoms with E-state index in [9.17, 15) is 0 Å². The Kier molecular flexibility index (Phi) is 3.34. The summed E-state index contributed by atoms with van der Waals surface area (Å²) in [6.07, 6.45) is 0. The van der Waals surface area contributed by atoms with Gasteiger partial charge in [0.15, 0.2) is 0 Å². The molecule has 0 bridgehead atoms. The molecule has 2 aromatic carbocycles. The highest BCUT2D eigenvalue weighted by atomic mass is 16.5. The van der Waals surface area contributed by atoms with Crippen molar-refractivity contribution >= 4 is 5.90 Å². The lowest BCUT2D eigenvalue weighted by Crippen LogP contribution is -2.04. The van der Waals surface area contributed by atoms with Gasteiger partial charge in [-0.05, 0) is 23.8 Å². The normalized spacial score (nSPS) is 9.75. The monoisotopic (exact) mass is 210 g/mol. The van der Waals surface area contributed by atoms with Gasteiger partial charge in [0, 0.05) is 5.56 Å². The van der Waals surface area contributed by atoms with E-state index in [0.717, 1.165) is 11.1 Å². The fourth-order valence-corrected chi connectivity index (χ4v) is 1.35. The minimum absolute atomic E-state index is 0.181. The van der Waals surface area contributed by atoms with Crippen LogP contribution in [0.4, 0.5) is 0 Å². The molecule has 0 spiro atoms. The van der Waals surface area contributed by atoms with E-state index in [4.69, 9.17) is 10.1 Å². The molecule has 0 amide bonds. The zero-order valence-electron chi connectivity index (χ0n) is 8.81. The van der Waals surface area contributed by atoms with E-state index in [2.05, 4.69) is 6.07 Å². The van der Waals surface area contributed by atoms with Crippen molar-refractivity contribution in [2.75, 3.05) is 0 Å². The first kappa shape index (κ1) is 10.4. The van der Waals surface area contributed by atoms with Gasteiger partial charge < -0.3 is 4.74 Å². The third kappa shape index (κ3) is 2.70. The summed E-state index contributed by atoms with van der Waals surface area (Å²) in [5.41, 5.74) is 1.81. The highest BCUT2D eigenvalue weighted by molar-refractivity contribution is 5.91. The Bertz CT molecular complexity index is 451. The fraction of sp³-hybridized carbons (Fsp3) is 0.0714. The molecule has 1 radical (unpaired) electrons. The first-order valence-corrected chi connectivity index (χ1v) is 5.08. The summed E-state index contributed by atoms with van der Waals surface area (Å²) in [4.78, 5) is 0.